The second kappa shape index (κ2) is 8.39. The quantitative estimate of drug-likeness (QED) is 0.779. The van der Waals surface area contributed by atoms with E-state index in [4.69, 9.17) is 21.7 Å². The molecule has 2 rings (SSSR count). The molecule has 1 atom stereocenters. The van der Waals surface area contributed by atoms with E-state index in [9.17, 15) is 0 Å². The molecule has 0 spiro atoms. The van der Waals surface area contributed by atoms with Crippen molar-refractivity contribution in [2.75, 3.05) is 19.0 Å². The molecular formula is C18H22N2O2S. The number of ether oxygens (including phenoxy) is 2. The SMILES string of the molecule is CCOc1ccc(NC(=S)NC(C)c2cccc(OC)c2)cc1. The summed E-state index contributed by atoms with van der Waals surface area (Å²) in [4.78, 5) is 0. The van der Waals surface area contributed by atoms with E-state index in [0.29, 0.717) is 11.7 Å². The van der Waals surface area contributed by atoms with Crippen LogP contribution in [-0.4, -0.2) is 18.8 Å². The van der Waals surface area contributed by atoms with Crippen molar-refractivity contribution < 1.29 is 9.47 Å². The van der Waals surface area contributed by atoms with Crippen LogP contribution in [0.3, 0.4) is 0 Å². The van der Waals surface area contributed by atoms with Crippen molar-refractivity contribution in [1.29, 1.82) is 0 Å². The highest BCUT2D eigenvalue weighted by atomic mass is 32.1. The molecule has 0 aromatic heterocycles. The van der Waals surface area contributed by atoms with E-state index in [0.717, 1.165) is 22.7 Å². The van der Waals surface area contributed by atoms with Crippen LogP contribution in [0.4, 0.5) is 5.69 Å². The normalized spacial score (nSPS) is 11.4. The van der Waals surface area contributed by atoms with Crippen LogP contribution in [0.25, 0.3) is 0 Å². The molecule has 23 heavy (non-hydrogen) atoms. The van der Waals surface area contributed by atoms with Crippen molar-refractivity contribution in [3.63, 3.8) is 0 Å². The van der Waals surface area contributed by atoms with E-state index in [2.05, 4.69) is 17.6 Å². The Labute approximate surface area is 142 Å². The molecule has 0 aliphatic rings. The van der Waals surface area contributed by atoms with Crippen LogP contribution in [-0.2, 0) is 0 Å². The van der Waals surface area contributed by atoms with Gasteiger partial charge in [-0.1, -0.05) is 12.1 Å². The molecule has 0 aliphatic heterocycles. The third-order valence-corrected chi connectivity index (χ3v) is 3.58. The van der Waals surface area contributed by atoms with Gasteiger partial charge >= 0.3 is 0 Å². The van der Waals surface area contributed by atoms with E-state index in [1.165, 1.54) is 0 Å². The highest BCUT2D eigenvalue weighted by molar-refractivity contribution is 7.80. The minimum absolute atomic E-state index is 0.0767. The van der Waals surface area contributed by atoms with Gasteiger partial charge in [0.1, 0.15) is 11.5 Å². The predicted octanol–water partition coefficient (Wildman–Crippen LogP) is 4.14. The molecule has 1 unspecified atom stereocenters. The van der Waals surface area contributed by atoms with Crippen molar-refractivity contribution in [2.45, 2.75) is 19.9 Å². The van der Waals surface area contributed by atoms with Crippen LogP contribution in [0.15, 0.2) is 48.5 Å². The lowest BCUT2D eigenvalue weighted by molar-refractivity contribution is 0.340. The zero-order chi connectivity index (χ0) is 16.7. The van der Waals surface area contributed by atoms with Gasteiger partial charge in [0.25, 0.3) is 0 Å². The maximum atomic E-state index is 5.42. The van der Waals surface area contributed by atoms with Gasteiger partial charge in [-0.3, -0.25) is 0 Å². The van der Waals surface area contributed by atoms with Gasteiger partial charge in [0.2, 0.25) is 0 Å². The number of rotatable bonds is 6. The standard InChI is InChI=1S/C18H22N2O2S/c1-4-22-16-10-8-15(9-11-16)20-18(23)19-13(2)14-6-5-7-17(12-14)21-3/h5-13H,4H2,1-3H3,(H2,19,20,23). The van der Waals surface area contributed by atoms with E-state index in [1.54, 1.807) is 7.11 Å². The lowest BCUT2D eigenvalue weighted by atomic mass is 10.1. The molecule has 2 aromatic rings. The smallest absolute Gasteiger partial charge is 0.171 e. The first-order chi connectivity index (χ1) is 11.1. The van der Waals surface area contributed by atoms with Crippen molar-refractivity contribution >= 4 is 23.0 Å². The molecule has 0 saturated carbocycles. The van der Waals surface area contributed by atoms with Crippen LogP contribution in [0.5, 0.6) is 11.5 Å². The minimum atomic E-state index is 0.0767. The van der Waals surface area contributed by atoms with Crippen molar-refractivity contribution in [3.8, 4) is 11.5 Å². The van der Waals surface area contributed by atoms with Crippen LogP contribution in [0, 0.1) is 0 Å². The summed E-state index contributed by atoms with van der Waals surface area (Å²) in [6, 6.07) is 15.7. The number of hydrogen-bond donors (Lipinski definition) is 2. The van der Waals surface area contributed by atoms with Crippen LogP contribution >= 0.6 is 12.2 Å². The van der Waals surface area contributed by atoms with Gasteiger partial charge in [-0.15, -0.1) is 0 Å². The molecule has 0 aliphatic carbocycles. The highest BCUT2D eigenvalue weighted by Crippen LogP contribution is 2.19. The summed E-state index contributed by atoms with van der Waals surface area (Å²) in [5, 5.41) is 7.02. The first-order valence-corrected chi connectivity index (χ1v) is 7.97. The fourth-order valence-corrected chi connectivity index (χ4v) is 2.45. The monoisotopic (exact) mass is 330 g/mol. The first kappa shape index (κ1) is 17.1. The Morgan fingerprint density at radius 1 is 1.13 bits per heavy atom. The molecule has 0 bridgehead atoms. The molecule has 4 nitrogen and oxygen atoms in total. The van der Waals surface area contributed by atoms with E-state index >= 15 is 0 Å². The summed E-state index contributed by atoms with van der Waals surface area (Å²) in [5.41, 5.74) is 2.03. The molecule has 0 radical (unpaired) electrons. The average molecular weight is 330 g/mol. The van der Waals surface area contributed by atoms with E-state index < -0.39 is 0 Å². The fraction of sp³-hybridized carbons (Fsp3) is 0.278. The molecule has 2 N–H and O–H groups in total. The van der Waals surface area contributed by atoms with Gasteiger partial charge in [-0.25, -0.2) is 0 Å². The summed E-state index contributed by atoms with van der Waals surface area (Å²) in [5.74, 6) is 1.68. The Morgan fingerprint density at radius 3 is 2.52 bits per heavy atom. The second-order valence-corrected chi connectivity index (χ2v) is 5.46. The summed E-state index contributed by atoms with van der Waals surface area (Å²) in [6.07, 6.45) is 0. The van der Waals surface area contributed by atoms with Crippen LogP contribution < -0.4 is 20.1 Å². The topological polar surface area (TPSA) is 42.5 Å². The molecule has 0 saturated heterocycles. The molecule has 122 valence electrons. The molecule has 0 amide bonds. The lowest BCUT2D eigenvalue weighted by Gasteiger charge is -2.18. The third-order valence-electron chi connectivity index (χ3n) is 3.36. The summed E-state index contributed by atoms with van der Waals surface area (Å²) >= 11 is 5.37. The third kappa shape index (κ3) is 5.14. The van der Waals surface area contributed by atoms with E-state index in [-0.39, 0.29) is 6.04 Å². The van der Waals surface area contributed by atoms with Gasteiger partial charge in [0, 0.05) is 5.69 Å². The number of hydrogen-bond acceptors (Lipinski definition) is 3. The second-order valence-electron chi connectivity index (χ2n) is 5.05. The summed E-state index contributed by atoms with van der Waals surface area (Å²) < 4.78 is 10.7. The Hall–Kier alpha value is -2.27. The van der Waals surface area contributed by atoms with Crippen molar-refractivity contribution in [3.05, 3.63) is 54.1 Å². The van der Waals surface area contributed by atoms with Gasteiger partial charge in [0.05, 0.1) is 19.8 Å². The Kier molecular flexibility index (Phi) is 6.23. The lowest BCUT2D eigenvalue weighted by Crippen LogP contribution is -2.30. The van der Waals surface area contributed by atoms with Crippen LogP contribution in [0.1, 0.15) is 25.5 Å². The predicted molar refractivity (Wildman–Crippen MR) is 98.4 cm³/mol. The summed E-state index contributed by atoms with van der Waals surface area (Å²) in [6.45, 7) is 4.68. The molecule has 0 heterocycles. The van der Waals surface area contributed by atoms with Gasteiger partial charge in [0.15, 0.2) is 5.11 Å². The number of benzene rings is 2. The van der Waals surface area contributed by atoms with Gasteiger partial charge in [-0.05, 0) is 68.0 Å². The number of anilines is 1. The van der Waals surface area contributed by atoms with E-state index in [1.807, 2.05) is 55.5 Å². The van der Waals surface area contributed by atoms with Crippen LogP contribution in [0.2, 0.25) is 0 Å². The highest BCUT2D eigenvalue weighted by Gasteiger charge is 2.08. The summed E-state index contributed by atoms with van der Waals surface area (Å²) in [7, 11) is 1.66. The number of thiocarbonyl (C=S) groups is 1. The van der Waals surface area contributed by atoms with Gasteiger partial charge < -0.3 is 20.1 Å². The zero-order valence-corrected chi connectivity index (χ0v) is 14.4. The van der Waals surface area contributed by atoms with Crippen molar-refractivity contribution in [2.24, 2.45) is 0 Å². The Balaban J connectivity index is 1.92. The molecule has 2 aromatic carbocycles. The maximum absolute atomic E-state index is 5.42. The minimum Gasteiger partial charge on any atom is -0.497 e. The zero-order valence-electron chi connectivity index (χ0n) is 13.6. The fourth-order valence-electron chi connectivity index (χ4n) is 2.16. The molecular weight excluding hydrogens is 308 g/mol. The number of methoxy groups -OCH3 is 1. The maximum Gasteiger partial charge on any atom is 0.171 e. The Bertz CT molecular complexity index is 644. The molecule has 0 fully saturated rings. The number of nitrogens with one attached hydrogen (secondary N) is 2. The average Bonchev–Trinajstić information content (AvgIpc) is 2.57. The Morgan fingerprint density at radius 2 is 1.87 bits per heavy atom. The van der Waals surface area contributed by atoms with Crippen molar-refractivity contribution in [1.82, 2.24) is 5.32 Å². The molecule has 5 heteroatoms. The van der Waals surface area contributed by atoms with Gasteiger partial charge in [-0.2, -0.15) is 0 Å². The largest absolute Gasteiger partial charge is 0.497 e. The first-order valence-electron chi connectivity index (χ1n) is 7.56.